The third-order valence-corrected chi connectivity index (χ3v) is 3.78. The lowest BCUT2D eigenvalue weighted by molar-refractivity contribution is -0.138. The van der Waals surface area contributed by atoms with Gasteiger partial charge in [0.1, 0.15) is 17.9 Å². The number of hydrogen-bond donors (Lipinski definition) is 2. The number of nitrogens with one attached hydrogen (secondary N) is 2. The summed E-state index contributed by atoms with van der Waals surface area (Å²) in [5.74, 6) is -0.543. The largest absolute Gasteiger partial charge is 0.342 e. The van der Waals surface area contributed by atoms with E-state index in [2.05, 4.69) is 10.6 Å². The van der Waals surface area contributed by atoms with Crippen molar-refractivity contribution < 1.29 is 14.0 Å². The number of piperazine rings is 1. The molecule has 0 unspecified atom stereocenters. The van der Waals surface area contributed by atoms with Crippen molar-refractivity contribution in [3.8, 4) is 0 Å². The van der Waals surface area contributed by atoms with Gasteiger partial charge in [-0.15, -0.1) is 0 Å². The fourth-order valence-electron chi connectivity index (χ4n) is 2.28. The summed E-state index contributed by atoms with van der Waals surface area (Å²) in [5, 5.41) is 5.52. The molecule has 2 N–H and O–H groups in total. The number of hydrogen-bond acceptors (Lipinski definition) is 2. The molecule has 1 aromatic carbocycles. The highest BCUT2D eigenvalue weighted by atomic mass is 19.1. The highest BCUT2D eigenvalue weighted by molar-refractivity contribution is 5.97. The van der Waals surface area contributed by atoms with E-state index in [1.807, 2.05) is 13.8 Å². The van der Waals surface area contributed by atoms with Gasteiger partial charge in [-0.25, -0.2) is 4.39 Å². The van der Waals surface area contributed by atoms with Crippen LogP contribution in [0.15, 0.2) is 24.3 Å². The van der Waals surface area contributed by atoms with Crippen molar-refractivity contribution in [1.29, 1.82) is 0 Å². The zero-order valence-electron chi connectivity index (χ0n) is 11.7. The molecular weight excluding hydrogens is 259 g/mol. The van der Waals surface area contributed by atoms with Gasteiger partial charge in [0.15, 0.2) is 0 Å². The third-order valence-electron chi connectivity index (χ3n) is 3.78. The van der Waals surface area contributed by atoms with Gasteiger partial charge < -0.3 is 10.6 Å². The quantitative estimate of drug-likeness (QED) is 0.874. The summed E-state index contributed by atoms with van der Waals surface area (Å²) in [6, 6.07) is 4.88. The average molecular weight is 278 g/mol. The molecular formula is C15H19FN2O2. The fourth-order valence-corrected chi connectivity index (χ4v) is 2.28. The van der Waals surface area contributed by atoms with E-state index >= 15 is 0 Å². The smallest absolute Gasteiger partial charge is 0.243 e. The van der Waals surface area contributed by atoms with Crippen molar-refractivity contribution in [3.05, 3.63) is 35.6 Å². The first-order valence-electron chi connectivity index (χ1n) is 6.86. The normalized spacial score (nSPS) is 23.9. The number of rotatable bonds is 4. The van der Waals surface area contributed by atoms with Crippen LogP contribution < -0.4 is 10.6 Å². The molecule has 3 atom stereocenters. The van der Waals surface area contributed by atoms with Crippen LogP contribution in [-0.4, -0.2) is 23.9 Å². The van der Waals surface area contributed by atoms with Crippen molar-refractivity contribution in [3.63, 3.8) is 0 Å². The van der Waals surface area contributed by atoms with Crippen LogP contribution in [0.4, 0.5) is 4.39 Å². The molecule has 0 spiro atoms. The zero-order valence-corrected chi connectivity index (χ0v) is 11.7. The Labute approximate surface area is 117 Å². The molecule has 1 aliphatic heterocycles. The summed E-state index contributed by atoms with van der Waals surface area (Å²) in [6.07, 6.45) is 1.19. The molecule has 1 aliphatic rings. The lowest BCUT2D eigenvalue weighted by Gasteiger charge is -2.32. The van der Waals surface area contributed by atoms with E-state index in [1.54, 1.807) is 12.1 Å². The van der Waals surface area contributed by atoms with Gasteiger partial charge in [-0.3, -0.25) is 9.59 Å². The van der Waals surface area contributed by atoms with Crippen LogP contribution in [-0.2, 0) is 16.0 Å². The molecule has 1 heterocycles. The maximum Gasteiger partial charge on any atom is 0.243 e. The molecule has 20 heavy (non-hydrogen) atoms. The summed E-state index contributed by atoms with van der Waals surface area (Å²) in [6.45, 7) is 3.92. The van der Waals surface area contributed by atoms with E-state index in [1.165, 1.54) is 12.1 Å². The van der Waals surface area contributed by atoms with Gasteiger partial charge in [0.25, 0.3) is 0 Å². The Kier molecular flexibility index (Phi) is 4.37. The second-order valence-electron chi connectivity index (χ2n) is 5.26. The van der Waals surface area contributed by atoms with Gasteiger partial charge in [-0.2, -0.15) is 0 Å². The van der Waals surface area contributed by atoms with Crippen molar-refractivity contribution in [2.24, 2.45) is 5.92 Å². The van der Waals surface area contributed by atoms with Gasteiger partial charge in [0, 0.05) is 6.42 Å². The maximum absolute atomic E-state index is 12.8. The highest BCUT2D eigenvalue weighted by Gasteiger charge is 2.35. The molecule has 5 heteroatoms. The third kappa shape index (κ3) is 3.15. The van der Waals surface area contributed by atoms with Gasteiger partial charge in [-0.05, 0) is 23.6 Å². The molecule has 0 aliphatic carbocycles. The van der Waals surface area contributed by atoms with Gasteiger partial charge in [0.2, 0.25) is 11.8 Å². The first-order chi connectivity index (χ1) is 9.51. The Morgan fingerprint density at radius 2 is 1.80 bits per heavy atom. The molecule has 0 saturated carbocycles. The van der Waals surface area contributed by atoms with Gasteiger partial charge >= 0.3 is 0 Å². The van der Waals surface area contributed by atoms with E-state index in [9.17, 15) is 14.0 Å². The summed E-state index contributed by atoms with van der Waals surface area (Å²) < 4.78 is 12.8. The Bertz CT molecular complexity index is 501. The van der Waals surface area contributed by atoms with Gasteiger partial charge in [0.05, 0.1) is 0 Å². The molecule has 0 bridgehead atoms. The van der Waals surface area contributed by atoms with Crippen LogP contribution in [0.3, 0.4) is 0 Å². The summed E-state index contributed by atoms with van der Waals surface area (Å²) in [5.41, 5.74) is 0.814. The van der Waals surface area contributed by atoms with Crippen LogP contribution in [0.25, 0.3) is 0 Å². The standard InChI is InChI=1S/C15H19FN2O2/c1-3-9(2)13-15(20)17-12(14(19)18-13)8-10-4-6-11(16)7-5-10/h4-7,9,12-13H,3,8H2,1-2H3,(H,17,20)(H,18,19)/t9-,12+,13-/m0/s1. The Balaban J connectivity index is 2.03. The van der Waals surface area contributed by atoms with Crippen molar-refractivity contribution in [2.75, 3.05) is 0 Å². The Morgan fingerprint density at radius 3 is 2.40 bits per heavy atom. The molecule has 2 amide bonds. The van der Waals surface area contributed by atoms with E-state index in [0.29, 0.717) is 6.42 Å². The SMILES string of the molecule is CC[C@H](C)[C@@H]1NC(=O)[C@@H](Cc2ccc(F)cc2)NC1=O. The number of carbonyl (C=O) groups is 2. The molecule has 1 aromatic rings. The fraction of sp³-hybridized carbons (Fsp3) is 0.467. The van der Waals surface area contributed by atoms with E-state index in [4.69, 9.17) is 0 Å². The number of carbonyl (C=O) groups excluding carboxylic acids is 2. The first-order valence-corrected chi connectivity index (χ1v) is 6.86. The van der Waals surface area contributed by atoms with Gasteiger partial charge in [-0.1, -0.05) is 32.4 Å². The molecule has 108 valence electrons. The van der Waals surface area contributed by atoms with Crippen LogP contribution >= 0.6 is 0 Å². The number of amides is 2. The Hall–Kier alpha value is -1.91. The zero-order chi connectivity index (χ0) is 14.7. The predicted molar refractivity (Wildman–Crippen MR) is 73.4 cm³/mol. The molecule has 0 radical (unpaired) electrons. The first kappa shape index (κ1) is 14.5. The minimum absolute atomic E-state index is 0.103. The second kappa shape index (κ2) is 6.03. The molecule has 2 rings (SSSR count). The monoisotopic (exact) mass is 278 g/mol. The topological polar surface area (TPSA) is 58.2 Å². The maximum atomic E-state index is 12.8. The summed E-state index contributed by atoms with van der Waals surface area (Å²) >= 11 is 0. The lowest BCUT2D eigenvalue weighted by atomic mass is 9.94. The van der Waals surface area contributed by atoms with Crippen LogP contribution in [0.5, 0.6) is 0 Å². The molecule has 4 nitrogen and oxygen atoms in total. The molecule has 1 saturated heterocycles. The summed E-state index contributed by atoms with van der Waals surface area (Å²) in [7, 11) is 0. The van der Waals surface area contributed by atoms with Crippen molar-refractivity contribution >= 4 is 11.8 Å². The van der Waals surface area contributed by atoms with Crippen molar-refractivity contribution in [1.82, 2.24) is 10.6 Å². The summed E-state index contributed by atoms with van der Waals surface area (Å²) in [4.78, 5) is 24.1. The van der Waals surface area contributed by atoms with E-state index in [-0.39, 0.29) is 23.5 Å². The average Bonchev–Trinajstić information content (AvgIpc) is 2.44. The molecule has 0 aromatic heterocycles. The van der Waals surface area contributed by atoms with Crippen LogP contribution in [0.1, 0.15) is 25.8 Å². The van der Waals surface area contributed by atoms with Crippen LogP contribution in [0.2, 0.25) is 0 Å². The minimum atomic E-state index is -0.590. The number of halogens is 1. The second-order valence-corrected chi connectivity index (χ2v) is 5.26. The Morgan fingerprint density at radius 1 is 1.15 bits per heavy atom. The van der Waals surface area contributed by atoms with Crippen molar-refractivity contribution in [2.45, 2.75) is 38.8 Å². The number of benzene rings is 1. The lowest BCUT2D eigenvalue weighted by Crippen LogP contribution is -2.63. The molecule has 1 fully saturated rings. The van der Waals surface area contributed by atoms with E-state index < -0.39 is 12.1 Å². The van der Waals surface area contributed by atoms with E-state index in [0.717, 1.165) is 12.0 Å². The highest BCUT2D eigenvalue weighted by Crippen LogP contribution is 2.14. The van der Waals surface area contributed by atoms with Crippen LogP contribution in [0, 0.1) is 11.7 Å². The predicted octanol–water partition coefficient (Wildman–Crippen LogP) is 1.40. The minimum Gasteiger partial charge on any atom is -0.342 e.